The van der Waals surface area contributed by atoms with E-state index in [4.69, 9.17) is 21.8 Å². The predicted octanol–water partition coefficient (Wildman–Crippen LogP) is 2.55. The van der Waals surface area contributed by atoms with Gasteiger partial charge in [0.15, 0.2) is 0 Å². The molecule has 0 saturated heterocycles. The maximum Gasteiger partial charge on any atom is 0.261 e. The van der Waals surface area contributed by atoms with E-state index in [-0.39, 0.29) is 11.5 Å². The van der Waals surface area contributed by atoms with Crippen LogP contribution in [0.3, 0.4) is 0 Å². The Labute approximate surface area is 106 Å². The fraction of sp³-hybridized carbons (Fsp3) is 0.333. The Kier molecular flexibility index (Phi) is 4.07. The molecule has 0 aliphatic carbocycles. The maximum atomic E-state index is 11.4. The van der Waals surface area contributed by atoms with Gasteiger partial charge >= 0.3 is 0 Å². The number of benzene rings is 1. The lowest BCUT2D eigenvalue weighted by Crippen LogP contribution is -2.04. The Morgan fingerprint density at radius 1 is 1.35 bits per heavy atom. The van der Waals surface area contributed by atoms with Crippen LogP contribution < -0.4 is 4.74 Å². The second-order valence-electron chi connectivity index (χ2n) is 3.70. The van der Waals surface area contributed by atoms with Gasteiger partial charge in [-0.2, -0.15) is 0 Å². The highest BCUT2D eigenvalue weighted by atomic mass is 35.7. The van der Waals surface area contributed by atoms with Crippen molar-refractivity contribution in [2.75, 3.05) is 6.61 Å². The van der Waals surface area contributed by atoms with E-state index in [1.807, 2.05) is 0 Å². The first-order valence-corrected chi connectivity index (χ1v) is 7.21. The molecule has 0 aliphatic rings. The molecule has 0 radical (unpaired) electrons. The zero-order valence-electron chi connectivity index (χ0n) is 9.87. The normalized spacial score (nSPS) is 11.0. The van der Waals surface area contributed by atoms with E-state index in [0.717, 1.165) is 5.56 Å². The molecule has 1 rings (SSSR count). The van der Waals surface area contributed by atoms with E-state index in [1.165, 1.54) is 6.07 Å². The van der Waals surface area contributed by atoms with E-state index < -0.39 is 9.05 Å². The van der Waals surface area contributed by atoms with Crippen LogP contribution in [-0.2, 0) is 9.05 Å². The van der Waals surface area contributed by atoms with Crippen LogP contribution in [0.5, 0.6) is 5.75 Å². The Morgan fingerprint density at radius 3 is 2.41 bits per heavy atom. The molecule has 92 valence electrons. The van der Waals surface area contributed by atoms with E-state index in [9.17, 15) is 8.42 Å². The summed E-state index contributed by atoms with van der Waals surface area (Å²) in [5.41, 5.74) is 2.01. The Bertz CT molecular complexity index is 583. The summed E-state index contributed by atoms with van der Waals surface area (Å²) < 4.78 is 28.1. The van der Waals surface area contributed by atoms with Crippen LogP contribution in [0.4, 0.5) is 0 Å². The lowest BCUT2D eigenvalue weighted by Gasteiger charge is -2.14. The standard InChI is InChI=1S/C12H13ClO3S/c1-5-6-16-12-8(2)7-11(17(13,14)15)9(3)10(12)4/h1,7H,6H2,2-4H3. The lowest BCUT2D eigenvalue weighted by atomic mass is 10.1. The number of aryl methyl sites for hydroxylation is 1. The van der Waals surface area contributed by atoms with Crippen molar-refractivity contribution in [3.05, 3.63) is 22.8 Å². The molecule has 0 amide bonds. The van der Waals surface area contributed by atoms with Gasteiger partial charge in [-0.3, -0.25) is 0 Å². The van der Waals surface area contributed by atoms with Crippen LogP contribution in [0.2, 0.25) is 0 Å². The third-order valence-electron chi connectivity index (χ3n) is 2.54. The minimum Gasteiger partial charge on any atom is -0.480 e. The maximum absolute atomic E-state index is 11.4. The van der Waals surface area contributed by atoms with Gasteiger partial charge in [0.2, 0.25) is 0 Å². The van der Waals surface area contributed by atoms with Gasteiger partial charge in [-0.05, 0) is 43.5 Å². The van der Waals surface area contributed by atoms with Gasteiger partial charge < -0.3 is 4.74 Å². The molecule has 5 heteroatoms. The summed E-state index contributed by atoms with van der Waals surface area (Å²) in [5.74, 6) is 2.98. The van der Waals surface area contributed by atoms with Gasteiger partial charge in [0, 0.05) is 10.7 Å². The second-order valence-corrected chi connectivity index (χ2v) is 6.24. The molecule has 1 aromatic carbocycles. The molecule has 0 aromatic heterocycles. The fourth-order valence-corrected chi connectivity index (χ4v) is 2.93. The Balaban J connectivity index is 3.43. The minimum absolute atomic E-state index is 0.113. The first-order chi connectivity index (χ1) is 7.79. The largest absolute Gasteiger partial charge is 0.480 e. The summed E-state index contributed by atoms with van der Waals surface area (Å²) in [6.07, 6.45) is 5.12. The number of terminal acetylenes is 1. The number of hydrogen-bond acceptors (Lipinski definition) is 3. The summed E-state index contributed by atoms with van der Waals surface area (Å²) in [4.78, 5) is 0.113. The van der Waals surface area contributed by atoms with Crippen molar-refractivity contribution in [2.24, 2.45) is 0 Å². The molecule has 1 aromatic rings. The molecule has 0 N–H and O–H groups in total. The number of rotatable bonds is 3. The van der Waals surface area contributed by atoms with Gasteiger partial charge in [-0.25, -0.2) is 8.42 Å². The fourth-order valence-electron chi connectivity index (χ4n) is 1.61. The third-order valence-corrected chi connectivity index (χ3v) is 3.99. The molecule has 0 bridgehead atoms. The zero-order valence-corrected chi connectivity index (χ0v) is 11.4. The van der Waals surface area contributed by atoms with Crippen LogP contribution in [0.25, 0.3) is 0 Å². The van der Waals surface area contributed by atoms with Crippen molar-refractivity contribution in [1.82, 2.24) is 0 Å². The molecule has 0 atom stereocenters. The predicted molar refractivity (Wildman–Crippen MR) is 68.0 cm³/mol. The molecule has 0 fully saturated rings. The summed E-state index contributed by atoms with van der Waals surface area (Å²) in [6.45, 7) is 5.37. The van der Waals surface area contributed by atoms with E-state index in [1.54, 1.807) is 20.8 Å². The summed E-state index contributed by atoms with van der Waals surface area (Å²) >= 11 is 0. The van der Waals surface area contributed by atoms with E-state index in [0.29, 0.717) is 16.9 Å². The van der Waals surface area contributed by atoms with Crippen LogP contribution >= 0.6 is 10.7 Å². The highest BCUT2D eigenvalue weighted by Gasteiger charge is 2.19. The summed E-state index contributed by atoms with van der Waals surface area (Å²) in [5, 5.41) is 0. The number of ether oxygens (including phenoxy) is 1. The van der Waals surface area contributed by atoms with E-state index in [2.05, 4.69) is 5.92 Å². The first kappa shape index (κ1) is 13.9. The van der Waals surface area contributed by atoms with Crippen LogP contribution in [0, 0.1) is 33.1 Å². The average molecular weight is 273 g/mol. The molecular weight excluding hydrogens is 260 g/mol. The summed E-state index contributed by atoms with van der Waals surface area (Å²) in [6, 6.07) is 1.50. The minimum atomic E-state index is -3.74. The number of hydrogen-bond donors (Lipinski definition) is 0. The van der Waals surface area contributed by atoms with Gasteiger partial charge in [0.05, 0.1) is 4.90 Å². The van der Waals surface area contributed by atoms with Crippen LogP contribution in [-0.4, -0.2) is 15.0 Å². The molecule has 0 heterocycles. The highest BCUT2D eigenvalue weighted by molar-refractivity contribution is 8.13. The molecule has 0 unspecified atom stereocenters. The van der Waals surface area contributed by atoms with Gasteiger partial charge in [0.1, 0.15) is 12.4 Å². The smallest absolute Gasteiger partial charge is 0.261 e. The van der Waals surface area contributed by atoms with Gasteiger partial charge in [-0.1, -0.05) is 5.92 Å². The quantitative estimate of drug-likeness (QED) is 0.627. The van der Waals surface area contributed by atoms with Gasteiger partial charge in [0.25, 0.3) is 9.05 Å². The molecule has 0 saturated carbocycles. The average Bonchev–Trinajstić information content (AvgIpc) is 2.22. The highest BCUT2D eigenvalue weighted by Crippen LogP contribution is 2.32. The monoisotopic (exact) mass is 272 g/mol. The summed E-state index contributed by atoms with van der Waals surface area (Å²) in [7, 11) is 1.62. The van der Waals surface area contributed by atoms with Gasteiger partial charge in [-0.15, -0.1) is 6.42 Å². The Morgan fingerprint density at radius 2 is 1.94 bits per heavy atom. The van der Waals surface area contributed by atoms with Crippen molar-refractivity contribution < 1.29 is 13.2 Å². The molecule has 3 nitrogen and oxygen atoms in total. The second kappa shape index (κ2) is 4.99. The van der Waals surface area contributed by atoms with Crippen molar-refractivity contribution >= 4 is 19.7 Å². The van der Waals surface area contributed by atoms with E-state index >= 15 is 0 Å². The van der Waals surface area contributed by atoms with Crippen molar-refractivity contribution in [1.29, 1.82) is 0 Å². The first-order valence-electron chi connectivity index (χ1n) is 4.90. The van der Waals surface area contributed by atoms with Crippen LogP contribution in [0.15, 0.2) is 11.0 Å². The lowest BCUT2D eigenvalue weighted by molar-refractivity contribution is 0.364. The molecule has 0 spiro atoms. The molecule has 0 aliphatic heterocycles. The molecule has 17 heavy (non-hydrogen) atoms. The zero-order chi connectivity index (χ0) is 13.2. The van der Waals surface area contributed by atoms with Crippen molar-refractivity contribution in [3.63, 3.8) is 0 Å². The van der Waals surface area contributed by atoms with Crippen molar-refractivity contribution in [3.8, 4) is 18.1 Å². The van der Waals surface area contributed by atoms with Crippen molar-refractivity contribution in [2.45, 2.75) is 25.7 Å². The SMILES string of the molecule is C#CCOc1c(C)cc(S(=O)(=O)Cl)c(C)c1C. The Hall–Kier alpha value is -1.18. The third kappa shape index (κ3) is 2.93. The van der Waals surface area contributed by atoms with Crippen LogP contribution in [0.1, 0.15) is 16.7 Å². The number of halogens is 1. The topological polar surface area (TPSA) is 43.4 Å². The molecular formula is C12H13ClO3S.